The van der Waals surface area contributed by atoms with Gasteiger partial charge in [0.1, 0.15) is 24.2 Å². The van der Waals surface area contributed by atoms with Gasteiger partial charge in [0.05, 0.1) is 6.54 Å². The maximum atomic E-state index is 12.0. The molecule has 1 saturated carbocycles. The summed E-state index contributed by atoms with van der Waals surface area (Å²) < 4.78 is 17.2. The van der Waals surface area contributed by atoms with Crippen molar-refractivity contribution in [1.82, 2.24) is 5.32 Å². The number of para-hydroxylation sites is 2. The summed E-state index contributed by atoms with van der Waals surface area (Å²) in [6.07, 6.45) is 4.17. The summed E-state index contributed by atoms with van der Waals surface area (Å²) in [4.78, 5) is 12.0. The standard InChI is InChI=1S/C20H21NO4/c1-13-10-16(13)17-8-6-14(24-17)7-9-20(22)21-11-15-12-23-18-4-2-3-5-19(18)25-15/h2-9,13,15-16H,10-12H2,1H3,(H,21,22)/b9-7+/t13-,15+,16+/m1/s1. The lowest BCUT2D eigenvalue weighted by Gasteiger charge is -2.26. The Morgan fingerprint density at radius 1 is 1.24 bits per heavy atom. The van der Waals surface area contributed by atoms with Crippen molar-refractivity contribution in [3.63, 3.8) is 0 Å². The third kappa shape index (κ3) is 3.71. The molecule has 5 heteroatoms. The molecular formula is C20H21NO4. The van der Waals surface area contributed by atoms with E-state index in [0.717, 1.165) is 11.5 Å². The molecule has 25 heavy (non-hydrogen) atoms. The van der Waals surface area contributed by atoms with Gasteiger partial charge in [0.2, 0.25) is 5.91 Å². The van der Waals surface area contributed by atoms with Gasteiger partial charge in [0.15, 0.2) is 11.5 Å². The number of nitrogens with one attached hydrogen (secondary N) is 1. The molecule has 1 aromatic carbocycles. The van der Waals surface area contributed by atoms with Gasteiger partial charge in [-0.1, -0.05) is 19.1 Å². The number of benzene rings is 1. The second-order valence-electron chi connectivity index (χ2n) is 6.64. The Balaban J connectivity index is 1.26. The van der Waals surface area contributed by atoms with Gasteiger partial charge in [-0.3, -0.25) is 4.79 Å². The second kappa shape index (κ2) is 6.67. The van der Waals surface area contributed by atoms with Gasteiger partial charge in [-0.2, -0.15) is 0 Å². The van der Waals surface area contributed by atoms with Gasteiger partial charge in [-0.25, -0.2) is 0 Å². The van der Waals surface area contributed by atoms with E-state index in [1.807, 2.05) is 36.4 Å². The molecule has 1 aliphatic heterocycles. The summed E-state index contributed by atoms with van der Waals surface area (Å²) >= 11 is 0. The van der Waals surface area contributed by atoms with Gasteiger partial charge in [0, 0.05) is 12.0 Å². The molecule has 4 rings (SSSR count). The first kappa shape index (κ1) is 15.8. The van der Waals surface area contributed by atoms with E-state index in [2.05, 4.69) is 12.2 Å². The summed E-state index contributed by atoms with van der Waals surface area (Å²) in [5.41, 5.74) is 0. The van der Waals surface area contributed by atoms with Crippen LogP contribution >= 0.6 is 0 Å². The lowest BCUT2D eigenvalue weighted by Crippen LogP contribution is -2.40. The van der Waals surface area contributed by atoms with Crippen LogP contribution in [0.3, 0.4) is 0 Å². The van der Waals surface area contributed by atoms with Crippen LogP contribution in [0.5, 0.6) is 11.5 Å². The van der Waals surface area contributed by atoms with E-state index in [4.69, 9.17) is 13.9 Å². The van der Waals surface area contributed by atoms with E-state index < -0.39 is 0 Å². The van der Waals surface area contributed by atoms with Crippen LogP contribution in [0.2, 0.25) is 0 Å². The quantitative estimate of drug-likeness (QED) is 0.849. The maximum Gasteiger partial charge on any atom is 0.244 e. The number of amides is 1. The van der Waals surface area contributed by atoms with E-state index >= 15 is 0 Å². The normalized spacial score (nSPS) is 24.3. The molecule has 0 radical (unpaired) electrons. The van der Waals surface area contributed by atoms with Gasteiger partial charge < -0.3 is 19.2 Å². The first-order chi connectivity index (χ1) is 12.2. The van der Waals surface area contributed by atoms with Gasteiger partial charge in [-0.15, -0.1) is 0 Å². The van der Waals surface area contributed by atoms with Crippen molar-refractivity contribution in [2.45, 2.75) is 25.4 Å². The minimum atomic E-state index is -0.196. The van der Waals surface area contributed by atoms with E-state index in [0.29, 0.717) is 36.5 Å². The molecule has 1 N–H and O–H groups in total. The average molecular weight is 339 g/mol. The van der Waals surface area contributed by atoms with Crippen LogP contribution in [0.4, 0.5) is 0 Å². The van der Waals surface area contributed by atoms with E-state index in [-0.39, 0.29) is 12.0 Å². The Kier molecular flexibility index (Phi) is 4.22. The zero-order chi connectivity index (χ0) is 17.2. The molecule has 0 bridgehead atoms. The van der Waals surface area contributed by atoms with E-state index in [1.54, 1.807) is 6.08 Å². The molecule has 1 fully saturated rings. The first-order valence-electron chi connectivity index (χ1n) is 8.63. The van der Waals surface area contributed by atoms with Crippen LogP contribution in [0, 0.1) is 5.92 Å². The predicted molar refractivity (Wildman–Crippen MR) is 93.6 cm³/mol. The average Bonchev–Trinajstić information content (AvgIpc) is 3.18. The Labute approximate surface area is 146 Å². The lowest BCUT2D eigenvalue weighted by atomic mass is 10.2. The van der Waals surface area contributed by atoms with Crippen molar-refractivity contribution in [2.75, 3.05) is 13.2 Å². The number of fused-ring (bicyclic) bond motifs is 1. The minimum absolute atomic E-state index is 0.180. The summed E-state index contributed by atoms with van der Waals surface area (Å²) in [7, 11) is 0. The highest BCUT2D eigenvalue weighted by Crippen LogP contribution is 2.47. The molecule has 0 unspecified atom stereocenters. The van der Waals surface area contributed by atoms with Crippen LogP contribution in [0.25, 0.3) is 6.08 Å². The monoisotopic (exact) mass is 339 g/mol. The zero-order valence-electron chi connectivity index (χ0n) is 14.1. The second-order valence-corrected chi connectivity index (χ2v) is 6.64. The highest BCUT2D eigenvalue weighted by Gasteiger charge is 2.36. The summed E-state index contributed by atoms with van der Waals surface area (Å²) in [6, 6.07) is 11.4. The lowest BCUT2D eigenvalue weighted by molar-refractivity contribution is -0.116. The fraction of sp³-hybridized carbons (Fsp3) is 0.350. The Hall–Kier alpha value is -2.69. The highest BCUT2D eigenvalue weighted by atomic mass is 16.6. The molecule has 2 heterocycles. The number of hydrogen-bond acceptors (Lipinski definition) is 4. The number of hydrogen-bond donors (Lipinski definition) is 1. The van der Waals surface area contributed by atoms with E-state index in [9.17, 15) is 4.79 Å². The molecule has 0 saturated heterocycles. The van der Waals surface area contributed by atoms with Crippen LogP contribution in [0.15, 0.2) is 46.9 Å². The third-order valence-electron chi connectivity index (χ3n) is 4.59. The Morgan fingerprint density at radius 2 is 2.04 bits per heavy atom. The van der Waals surface area contributed by atoms with Crippen molar-refractivity contribution < 1.29 is 18.7 Å². The number of carbonyl (C=O) groups excluding carboxylic acids is 1. The van der Waals surface area contributed by atoms with Gasteiger partial charge in [-0.05, 0) is 42.7 Å². The van der Waals surface area contributed by atoms with Gasteiger partial charge >= 0.3 is 0 Å². The molecule has 130 valence electrons. The van der Waals surface area contributed by atoms with Crippen molar-refractivity contribution in [1.29, 1.82) is 0 Å². The summed E-state index contributed by atoms with van der Waals surface area (Å²) in [5, 5.41) is 2.83. The molecule has 0 spiro atoms. The fourth-order valence-corrected chi connectivity index (χ4v) is 2.97. The van der Waals surface area contributed by atoms with Crippen LogP contribution in [0.1, 0.15) is 30.8 Å². The SMILES string of the molecule is C[C@@H]1C[C@@H]1c1ccc(/C=C/C(=O)NC[C@H]2COc3ccccc3O2)o1. The largest absolute Gasteiger partial charge is 0.486 e. The number of carbonyl (C=O) groups is 1. The smallest absolute Gasteiger partial charge is 0.244 e. The molecule has 1 aromatic heterocycles. The maximum absolute atomic E-state index is 12.0. The topological polar surface area (TPSA) is 60.7 Å². The zero-order valence-corrected chi connectivity index (χ0v) is 14.1. The Bertz CT molecular complexity index is 794. The van der Waals surface area contributed by atoms with Crippen LogP contribution in [-0.2, 0) is 4.79 Å². The first-order valence-corrected chi connectivity index (χ1v) is 8.63. The van der Waals surface area contributed by atoms with Crippen molar-refractivity contribution in [3.05, 3.63) is 54.0 Å². The number of ether oxygens (including phenoxy) is 2. The van der Waals surface area contributed by atoms with Crippen LogP contribution in [-0.4, -0.2) is 25.2 Å². The molecule has 1 amide bonds. The van der Waals surface area contributed by atoms with E-state index in [1.165, 1.54) is 12.5 Å². The molecule has 2 aliphatic rings. The highest BCUT2D eigenvalue weighted by molar-refractivity contribution is 5.91. The third-order valence-corrected chi connectivity index (χ3v) is 4.59. The molecule has 3 atom stereocenters. The number of furan rings is 1. The molecular weight excluding hydrogens is 318 g/mol. The van der Waals surface area contributed by atoms with Crippen molar-refractivity contribution in [3.8, 4) is 11.5 Å². The van der Waals surface area contributed by atoms with Crippen LogP contribution < -0.4 is 14.8 Å². The summed E-state index contributed by atoms with van der Waals surface area (Å²) in [5.74, 6) is 4.23. The summed E-state index contributed by atoms with van der Waals surface area (Å²) in [6.45, 7) is 3.02. The Morgan fingerprint density at radius 3 is 2.84 bits per heavy atom. The minimum Gasteiger partial charge on any atom is -0.486 e. The number of rotatable bonds is 5. The van der Waals surface area contributed by atoms with Crippen molar-refractivity contribution >= 4 is 12.0 Å². The fourth-order valence-electron chi connectivity index (χ4n) is 2.97. The molecule has 5 nitrogen and oxygen atoms in total. The van der Waals surface area contributed by atoms with Gasteiger partial charge in [0.25, 0.3) is 0 Å². The van der Waals surface area contributed by atoms with Crippen molar-refractivity contribution in [2.24, 2.45) is 5.92 Å². The molecule has 1 aliphatic carbocycles. The predicted octanol–water partition coefficient (Wildman–Crippen LogP) is 3.37. The molecule has 2 aromatic rings.